The maximum absolute atomic E-state index is 13.9. The Morgan fingerprint density at radius 3 is 2.28 bits per heavy atom. The van der Waals surface area contributed by atoms with E-state index in [9.17, 15) is 22.4 Å². The van der Waals surface area contributed by atoms with Crippen LogP contribution >= 0.6 is 0 Å². The van der Waals surface area contributed by atoms with Crippen LogP contribution in [0.5, 0.6) is 5.88 Å². The SMILES string of the molecule is CC(C)N1CCN(C(=O)C2CCC(Oc3ncc(C(F)(F)F)cc3F)CC2)CC1. The lowest BCUT2D eigenvalue weighted by molar-refractivity contribution is -0.139. The van der Waals surface area contributed by atoms with Crippen LogP contribution in [-0.2, 0) is 11.0 Å². The number of alkyl halides is 3. The molecule has 1 aromatic heterocycles. The standard InChI is InChI=1S/C20H27F4N3O2/c1-13(2)26-7-9-27(10-8-26)19(28)14-3-5-16(6-4-14)29-18-17(21)11-15(12-25-18)20(22,23)24/h11-14,16H,3-10H2,1-2H3. The molecule has 1 saturated heterocycles. The molecule has 1 amide bonds. The van der Waals surface area contributed by atoms with Crippen molar-refractivity contribution in [3.05, 3.63) is 23.6 Å². The van der Waals surface area contributed by atoms with E-state index in [1.165, 1.54) is 0 Å². The predicted molar refractivity (Wildman–Crippen MR) is 98.9 cm³/mol. The van der Waals surface area contributed by atoms with Crippen LogP contribution in [0.4, 0.5) is 17.6 Å². The van der Waals surface area contributed by atoms with E-state index in [1.807, 2.05) is 4.90 Å². The first-order valence-corrected chi connectivity index (χ1v) is 10.1. The molecule has 0 bridgehead atoms. The number of carbonyl (C=O) groups excluding carboxylic acids is 1. The van der Waals surface area contributed by atoms with E-state index >= 15 is 0 Å². The Labute approximate surface area is 168 Å². The Morgan fingerprint density at radius 1 is 1.14 bits per heavy atom. The van der Waals surface area contributed by atoms with Crippen molar-refractivity contribution in [1.82, 2.24) is 14.8 Å². The van der Waals surface area contributed by atoms with Crippen molar-refractivity contribution in [3.63, 3.8) is 0 Å². The molecular formula is C20H27F4N3O2. The summed E-state index contributed by atoms with van der Waals surface area (Å²) in [5.74, 6) is -1.46. The third kappa shape index (κ3) is 5.38. The summed E-state index contributed by atoms with van der Waals surface area (Å²) in [6, 6.07) is 0.868. The van der Waals surface area contributed by atoms with Crippen molar-refractivity contribution in [2.45, 2.75) is 57.9 Å². The largest absolute Gasteiger partial charge is 0.472 e. The molecule has 0 aromatic carbocycles. The lowest BCUT2D eigenvalue weighted by Gasteiger charge is -2.39. The van der Waals surface area contributed by atoms with Gasteiger partial charge in [0, 0.05) is 44.3 Å². The Hall–Kier alpha value is -1.90. The minimum Gasteiger partial charge on any atom is -0.472 e. The predicted octanol–water partition coefficient (Wildman–Crippen LogP) is 3.73. The molecule has 29 heavy (non-hydrogen) atoms. The van der Waals surface area contributed by atoms with Crippen molar-refractivity contribution in [2.75, 3.05) is 26.2 Å². The van der Waals surface area contributed by atoms with Gasteiger partial charge in [-0.25, -0.2) is 9.37 Å². The van der Waals surface area contributed by atoms with Gasteiger partial charge in [0.2, 0.25) is 5.91 Å². The molecule has 0 N–H and O–H groups in total. The van der Waals surface area contributed by atoms with Gasteiger partial charge in [-0.05, 0) is 45.6 Å². The van der Waals surface area contributed by atoms with Gasteiger partial charge in [-0.15, -0.1) is 0 Å². The van der Waals surface area contributed by atoms with Crippen molar-refractivity contribution >= 4 is 5.91 Å². The molecule has 0 unspecified atom stereocenters. The van der Waals surface area contributed by atoms with Crippen LogP contribution in [-0.4, -0.2) is 59.0 Å². The summed E-state index contributed by atoms with van der Waals surface area (Å²) in [6.07, 6.45) is -2.09. The monoisotopic (exact) mass is 417 g/mol. The van der Waals surface area contributed by atoms with E-state index in [1.54, 1.807) is 0 Å². The number of nitrogens with zero attached hydrogens (tertiary/aromatic N) is 3. The molecule has 162 valence electrons. The zero-order valence-electron chi connectivity index (χ0n) is 16.7. The van der Waals surface area contributed by atoms with Gasteiger partial charge in [0.05, 0.1) is 5.56 Å². The highest BCUT2D eigenvalue weighted by molar-refractivity contribution is 5.79. The van der Waals surface area contributed by atoms with Crippen LogP contribution in [0, 0.1) is 11.7 Å². The van der Waals surface area contributed by atoms with E-state index in [2.05, 4.69) is 23.7 Å². The van der Waals surface area contributed by atoms with Crippen LogP contribution in [0.25, 0.3) is 0 Å². The van der Waals surface area contributed by atoms with E-state index < -0.39 is 23.4 Å². The molecule has 1 saturated carbocycles. The molecule has 2 aliphatic rings. The molecule has 9 heteroatoms. The molecule has 0 spiro atoms. The number of aromatic nitrogens is 1. The van der Waals surface area contributed by atoms with Gasteiger partial charge < -0.3 is 9.64 Å². The van der Waals surface area contributed by atoms with Crippen molar-refractivity contribution in [3.8, 4) is 5.88 Å². The highest BCUT2D eigenvalue weighted by Crippen LogP contribution is 2.33. The molecule has 1 aromatic rings. The highest BCUT2D eigenvalue weighted by atomic mass is 19.4. The molecule has 3 rings (SSSR count). The summed E-state index contributed by atoms with van der Waals surface area (Å²) in [5, 5.41) is 0. The van der Waals surface area contributed by atoms with E-state index in [-0.39, 0.29) is 17.9 Å². The molecule has 0 atom stereocenters. The summed E-state index contributed by atoms with van der Waals surface area (Å²) in [5.41, 5.74) is -1.14. The first-order valence-electron chi connectivity index (χ1n) is 10.1. The van der Waals surface area contributed by atoms with Gasteiger partial charge in [-0.1, -0.05) is 0 Å². The second-order valence-corrected chi connectivity index (χ2v) is 8.06. The third-order valence-electron chi connectivity index (χ3n) is 5.79. The van der Waals surface area contributed by atoms with Gasteiger partial charge in [0.25, 0.3) is 5.88 Å². The average molecular weight is 417 g/mol. The molecule has 5 nitrogen and oxygen atoms in total. The van der Waals surface area contributed by atoms with Crippen LogP contribution < -0.4 is 4.74 Å². The zero-order valence-corrected chi connectivity index (χ0v) is 16.7. The number of hydrogen-bond acceptors (Lipinski definition) is 4. The molecular weight excluding hydrogens is 390 g/mol. The minimum absolute atomic E-state index is 0.0779. The summed E-state index contributed by atoms with van der Waals surface area (Å²) < 4.78 is 57.2. The Morgan fingerprint density at radius 2 is 1.76 bits per heavy atom. The second-order valence-electron chi connectivity index (χ2n) is 8.06. The summed E-state index contributed by atoms with van der Waals surface area (Å²) in [6.45, 7) is 7.50. The average Bonchev–Trinajstić information content (AvgIpc) is 2.69. The number of pyridine rings is 1. The number of ether oxygens (including phenoxy) is 1. The number of carbonyl (C=O) groups is 1. The first kappa shape index (κ1) is 21.8. The van der Waals surface area contributed by atoms with Gasteiger partial charge >= 0.3 is 6.18 Å². The van der Waals surface area contributed by atoms with Crippen LogP contribution in [0.1, 0.15) is 45.1 Å². The highest BCUT2D eigenvalue weighted by Gasteiger charge is 2.34. The van der Waals surface area contributed by atoms with Crippen LogP contribution in [0.15, 0.2) is 12.3 Å². The number of amides is 1. The number of piperazine rings is 1. The van der Waals surface area contributed by atoms with Crippen molar-refractivity contribution in [2.24, 2.45) is 5.92 Å². The first-order chi connectivity index (χ1) is 13.6. The summed E-state index contributed by atoms with van der Waals surface area (Å²) in [7, 11) is 0. The smallest absolute Gasteiger partial charge is 0.417 e. The summed E-state index contributed by atoms with van der Waals surface area (Å²) in [4.78, 5) is 20.5. The van der Waals surface area contributed by atoms with Crippen molar-refractivity contribution in [1.29, 1.82) is 0 Å². The molecule has 0 radical (unpaired) electrons. The number of halogens is 4. The van der Waals surface area contributed by atoms with Crippen LogP contribution in [0.2, 0.25) is 0 Å². The lowest BCUT2D eigenvalue weighted by atomic mass is 9.86. The third-order valence-corrected chi connectivity index (χ3v) is 5.79. The lowest BCUT2D eigenvalue weighted by Crippen LogP contribution is -2.52. The Bertz CT molecular complexity index is 710. The quantitative estimate of drug-likeness (QED) is 0.701. The summed E-state index contributed by atoms with van der Waals surface area (Å²) >= 11 is 0. The Balaban J connectivity index is 1.49. The number of hydrogen-bond donors (Lipinski definition) is 0. The van der Waals surface area contributed by atoms with Gasteiger partial charge in [0.15, 0.2) is 5.82 Å². The second kappa shape index (κ2) is 8.85. The fourth-order valence-electron chi connectivity index (χ4n) is 3.97. The van der Waals surface area contributed by atoms with E-state index in [4.69, 9.17) is 4.74 Å². The fraction of sp³-hybridized carbons (Fsp3) is 0.700. The molecule has 2 heterocycles. The minimum atomic E-state index is -4.65. The molecule has 2 fully saturated rings. The topological polar surface area (TPSA) is 45.7 Å². The van der Waals surface area contributed by atoms with E-state index in [0.717, 1.165) is 26.2 Å². The maximum atomic E-state index is 13.9. The molecule has 1 aliphatic carbocycles. The maximum Gasteiger partial charge on any atom is 0.417 e. The van der Waals surface area contributed by atoms with Crippen molar-refractivity contribution < 1.29 is 27.1 Å². The molecule has 1 aliphatic heterocycles. The zero-order chi connectivity index (χ0) is 21.2. The normalized spacial score (nSPS) is 24.0. The number of rotatable bonds is 4. The van der Waals surface area contributed by atoms with Gasteiger partial charge in [-0.3, -0.25) is 9.69 Å². The fourth-order valence-corrected chi connectivity index (χ4v) is 3.97. The van der Waals surface area contributed by atoms with Gasteiger partial charge in [-0.2, -0.15) is 13.2 Å². The Kier molecular flexibility index (Phi) is 6.65. The van der Waals surface area contributed by atoms with Gasteiger partial charge in [0.1, 0.15) is 6.10 Å². The van der Waals surface area contributed by atoms with Crippen LogP contribution in [0.3, 0.4) is 0 Å². The van der Waals surface area contributed by atoms with E-state index in [0.29, 0.717) is 44.0 Å².